The summed E-state index contributed by atoms with van der Waals surface area (Å²) in [7, 11) is 0. The molecule has 1 aromatic carbocycles. The second kappa shape index (κ2) is 9.03. The highest BCUT2D eigenvalue weighted by atomic mass is 16.4. The van der Waals surface area contributed by atoms with Crippen molar-refractivity contribution in [3.63, 3.8) is 0 Å². The Bertz CT molecular complexity index is 670. The van der Waals surface area contributed by atoms with Crippen molar-refractivity contribution in [1.29, 1.82) is 0 Å². The number of rotatable bonds is 8. The molecule has 2 amide bonds. The van der Waals surface area contributed by atoms with E-state index in [1.54, 1.807) is 36.4 Å². The van der Waals surface area contributed by atoms with Crippen LogP contribution >= 0.6 is 0 Å². The molecule has 0 aliphatic carbocycles. The van der Waals surface area contributed by atoms with Crippen molar-refractivity contribution in [3.05, 3.63) is 60.1 Å². The van der Waals surface area contributed by atoms with Crippen LogP contribution in [0.4, 0.5) is 0 Å². The predicted molar refractivity (Wildman–Crippen MR) is 93.8 cm³/mol. The molecule has 3 unspecified atom stereocenters. The number of carbonyl (C=O) groups is 2. The average molecular weight is 344 g/mol. The maximum atomic E-state index is 12.5. The third-order valence-electron chi connectivity index (χ3n) is 4.16. The van der Waals surface area contributed by atoms with E-state index < -0.39 is 12.1 Å². The Morgan fingerprint density at radius 1 is 1.16 bits per heavy atom. The van der Waals surface area contributed by atoms with Crippen molar-refractivity contribution in [2.24, 2.45) is 5.92 Å². The van der Waals surface area contributed by atoms with Crippen molar-refractivity contribution in [2.45, 2.75) is 32.4 Å². The summed E-state index contributed by atoms with van der Waals surface area (Å²) >= 11 is 0. The number of nitrogens with one attached hydrogen (secondary N) is 2. The van der Waals surface area contributed by atoms with Crippen molar-refractivity contribution < 1.29 is 19.1 Å². The SMILES string of the molecule is CCC(C)C(NC(=O)c1ccccc1)C(=O)NCC(O)c1ccco1. The normalized spacial score (nSPS) is 14.4. The standard InChI is InChI=1S/C19H24N2O4/c1-3-13(2)17(21-18(23)14-8-5-4-6-9-14)19(24)20-12-15(22)16-10-7-11-25-16/h4-11,13,15,17,22H,3,12H2,1-2H3,(H,20,24)(H,21,23). The van der Waals surface area contributed by atoms with Gasteiger partial charge in [-0.1, -0.05) is 38.5 Å². The summed E-state index contributed by atoms with van der Waals surface area (Å²) < 4.78 is 5.11. The van der Waals surface area contributed by atoms with E-state index in [0.29, 0.717) is 11.3 Å². The van der Waals surface area contributed by atoms with Gasteiger partial charge in [-0.3, -0.25) is 9.59 Å². The van der Waals surface area contributed by atoms with Crippen LogP contribution in [-0.2, 0) is 4.79 Å². The summed E-state index contributed by atoms with van der Waals surface area (Å²) in [6.45, 7) is 3.87. The quantitative estimate of drug-likeness (QED) is 0.685. The minimum Gasteiger partial charge on any atom is -0.467 e. The lowest BCUT2D eigenvalue weighted by molar-refractivity contribution is -0.124. The molecule has 0 spiro atoms. The fourth-order valence-corrected chi connectivity index (χ4v) is 2.40. The zero-order valence-corrected chi connectivity index (χ0v) is 14.4. The lowest BCUT2D eigenvalue weighted by Gasteiger charge is -2.24. The van der Waals surface area contributed by atoms with E-state index in [-0.39, 0.29) is 24.3 Å². The molecule has 1 aromatic heterocycles. The van der Waals surface area contributed by atoms with Crippen LogP contribution in [0.15, 0.2) is 53.1 Å². The molecule has 3 N–H and O–H groups in total. The summed E-state index contributed by atoms with van der Waals surface area (Å²) in [5, 5.41) is 15.5. The van der Waals surface area contributed by atoms with Crippen molar-refractivity contribution in [1.82, 2.24) is 10.6 Å². The summed E-state index contributed by atoms with van der Waals surface area (Å²) in [6, 6.07) is 11.4. The first kappa shape index (κ1) is 18.7. The smallest absolute Gasteiger partial charge is 0.251 e. The van der Waals surface area contributed by atoms with Crippen molar-refractivity contribution in [2.75, 3.05) is 6.54 Å². The number of carbonyl (C=O) groups excluding carboxylic acids is 2. The van der Waals surface area contributed by atoms with Gasteiger partial charge in [-0.15, -0.1) is 0 Å². The predicted octanol–water partition coefficient (Wildman–Crippen LogP) is 2.27. The topological polar surface area (TPSA) is 91.6 Å². The molecule has 6 heteroatoms. The highest BCUT2D eigenvalue weighted by molar-refractivity contribution is 5.97. The van der Waals surface area contributed by atoms with Crippen LogP contribution < -0.4 is 10.6 Å². The molecule has 134 valence electrons. The van der Waals surface area contributed by atoms with Gasteiger partial charge in [-0.25, -0.2) is 0 Å². The molecule has 2 rings (SSSR count). The van der Waals surface area contributed by atoms with Crippen LogP contribution in [0.25, 0.3) is 0 Å². The van der Waals surface area contributed by atoms with Gasteiger partial charge >= 0.3 is 0 Å². The monoisotopic (exact) mass is 344 g/mol. The largest absolute Gasteiger partial charge is 0.467 e. The maximum Gasteiger partial charge on any atom is 0.251 e. The molecule has 0 bridgehead atoms. The van der Waals surface area contributed by atoms with Crippen LogP contribution in [0.3, 0.4) is 0 Å². The van der Waals surface area contributed by atoms with Gasteiger partial charge in [-0.2, -0.15) is 0 Å². The Labute approximate surface area is 147 Å². The molecule has 0 fully saturated rings. The van der Waals surface area contributed by atoms with Crippen LogP contribution in [0.5, 0.6) is 0 Å². The number of amides is 2. The number of aliphatic hydroxyl groups excluding tert-OH is 1. The third kappa shape index (κ3) is 5.19. The number of hydrogen-bond acceptors (Lipinski definition) is 4. The molecule has 25 heavy (non-hydrogen) atoms. The van der Waals surface area contributed by atoms with E-state index in [4.69, 9.17) is 4.42 Å². The molecule has 0 saturated carbocycles. The summed E-state index contributed by atoms with van der Waals surface area (Å²) in [6.07, 6.45) is 1.26. The first-order valence-corrected chi connectivity index (χ1v) is 8.38. The van der Waals surface area contributed by atoms with Gasteiger partial charge in [0.1, 0.15) is 17.9 Å². The van der Waals surface area contributed by atoms with Gasteiger partial charge < -0.3 is 20.2 Å². The van der Waals surface area contributed by atoms with Gasteiger partial charge in [0.15, 0.2) is 0 Å². The van der Waals surface area contributed by atoms with E-state index in [1.165, 1.54) is 6.26 Å². The lowest BCUT2D eigenvalue weighted by atomic mass is 9.97. The van der Waals surface area contributed by atoms with Crippen LogP contribution in [0, 0.1) is 5.92 Å². The number of hydrogen-bond donors (Lipinski definition) is 3. The van der Waals surface area contributed by atoms with Gasteiger partial charge in [0.05, 0.1) is 12.8 Å². The summed E-state index contributed by atoms with van der Waals surface area (Å²) in [5.41, 5.74) is 0.499. The van der Waals surface area contributed by atoms with Gasteiger partial charge in [0, 0.05) is 5.56 Å². The number of benzene rings is 1. The molecule has 0 aliphatic heterocycles. The Hall–Kier alpha value is -2.60. The number of aliphatic hydroxyl groups is 1. The van der Waals surface area contributed by atoms with E-state index >= 15 is 0 Å². The lowest BCUT2D eigenvalue weighted by Crippen LogP contribution is -2.50. The Morgan fingerprint density at radius 3 is 2.48 bits per heavy atom. The van der Waals surface area contributed by atoms with Crippen molar-refractivity contribution >= 4 is 11.8 Å². The fraction of sp³-hybridized carbons (Fsp3) is 0.368. The third-order valence-corrected chi connectivity index (χ3v) is 4.16. The molecule has 0 radical (unpaired) electrons. The fourth-order valence-electron chi connectivity index (χ4n) is 2.40. The maximum absolute atomic E-state index is 12.5. The van der Waals surface area contributed by atoms with Gasteiger partial charge in [0.2, 0.25) is 5.91 Å². The second-order valence-electron chi connectivity index (χ2n) is 5.98. The van der Waals surface area contributed by atoms with Crippen LogP contribution in [0.2, 0.25) is 0 Å². The van der Waals surface area contributed by atoms with Crippen LogP contribution in [0.1, 0.15) is 42.5 Å². The molecule has 0 aliphatic rings. The van der Waals surface area contributed by atoms with E-state index in [2.05, 4.69) is 10.6 Å². The Kier molecular flexibility index (Phi) is 6.77. The highest BCUT2D eigenvalue weighted by Crippen LogP contribution is 2.13. The highest BCUT2D eigenvalue weighted by Gasteiger charge is 2.26. The molecule has 1 heterocycles. The van der Waals surface area contributed by atoms with Gasteiger partial charge in [0.25, 0.3) is 5.91 Å². The average Bonchev–Trinajstić information content (AvgIpc) is 3.18. The first-order chi connectivity index (χ1) is 12.0. The molecule has 6 nitrogen and oxygen atoms in total. The summed E-state index contributed by atoms with van der Waals surface area (Å²) in [5.74, 6) is -0.293. The molecule has 3 atom stereocenters. The second-order valence-corrected chi connectivity index (χ2v) is 5.98. The minimum absolute atomic E-state index is 0.0144. The van der Waals surface area contributed by atoms with Crippen LogP contribution in [-0.4, -0.2) is 29.5 Å². The van der Waals surface area contributed by atoms with Gasteiger partial charge in [-0.05, 0) is 30.2 Å². The van der Waals surface area contributed by atoms with E-state index in [9.17, 15) is 14.7 Å². The molecular weight excluding hydrogens is 320 g/mol. The molecule has 2 aromatic rings. The molecular formula is C19H24N2O4. The number of furan rings is 1. The Morgan fingerprint density at radius 2 is 1.88 bits per heavy atom. The zero-order chi connectivity index (χ0) is 18.2. The zero-order valence-electron chi connectivity index (χ0n) is 14.4. The van der Waals surface area contributed by atoms with Crippen molar-refractivity contribution in [3.8, 4) is 0 Å². The van der Waals surface area contributed by atoms with E-state index in [0.717, 1.165) is 6.42 Å². The van der Waals surface area contributed by atoms with E-state index in [1.807, 2.05) is 19.9 Å². The summed E-state index contributed by atoms with van der Waals surface area (Å²) in [4.78, 5) is 24.9. The first-order valence-electron chi connectivity index (χ1n) is 8.38. The minimum atomic E-state index is -0.929. The molecule has 0 saturated heterocycles. The Balaban J connectivity index is 1.98.